The molecule has 10 heteroatoms. The van der Waals surface area contributed by atoms with Crippen LogP contribution < -0.4 is 9.47 Å². The highest BCUT2D eigenvalue weighted by Gasteiger charge is 2.38. The van der Waals surface area contributed by atoms with E-state index in [2.05, 4.69) is 0 Å². The lowest BCUT2D eigenvalue weighted by Crippen LogP contribution is -2.44. The van der Waals surface area contributed by atoms with E-state index >= 15 is 0 Å². The normalized spacial score (nSPS) is 21.1. The number of epoxide rings is 1. The Kier molecular flexibility index (Phi) is 6.32. The zero-order valence-corrected chi connectivity index (χ0v) is 16.1. The van der Waals surface area contributed by atoms with Gasteiger partial charge >= 0.3 is 0 Å². The smallest absolute Gasteiger partial charge is 0.286 e. The number of amides is 1. The Labute approximate surface area is 162 Å². The summed E-state index contributed by atoms with van der Waals surface area (Å²) in [5.74, 6) is -0.0186. The number of methoxy groups -OCH3 is 3. The average molecular weight is 396 g/mol. The number of nitro groups is 1. The van der Waals surface area contributed by atoms with E-state index in [0.717, 1.165) is 6.42 Å². The second-order valence-corrected chi connectivity index (χ2v) is 6.59. The number of likely N-dealkylation sites (tertiary alicyclic amines) is 1. The second kappa shape index (κ2) is 8.72. The van der Waals surface area contributed by atoms with E-state index < -0.39 is 17.1 Å². The molecule has 0 saturated carbocycles. The van der Waals surface area contributed by atoms with Gasteiger partial charge in [-0.1, -0.05) is 0 Å². The predicted molar refractivity (Wildman–Crippen MR) is 96.7 cm³/mol. The lowest BCUT2D eigenvalue weighted by Gasteiger charge is -2.29. The van der Waals surface area contributed by atoms with Crippen molar-refractivity contribution < 1.29 is 33.4 Å². The highest BCUT2D eigenvalue weighted by atomic mass is 16.7. The average Bonchev–Trinajstić information content (AvgIpc) is 3.41. The van der Waals surface area contributed by atoms with Gasteiger partial charge in [-0.25, -0.2) is 0 Å². The Bertz CT molecular complexity index is 733. The molecule has 2 heterocycles. The van der Waals surface area contributed by atoms with Crippen LogP contribution in [0.3, 0.4) is 0 Å². The van der Waals surface area contributed by atoms with Crippen LogP contribution in [0.1, 0.15) is 23.2 Å². The topological polar surface area (TPSA) is 113 Å². The number of carbonyl (C=O) groups excluding carboxylic acids is 1. The molecule has 1 aromatic carbocycles. The van der Waals surface area contributed by atoms with E-state index in [9.17, 15) is 14.9 Å². The third kappa shape index (κ3) is 4.18. The van der Waals surface area contributed by atoms with Gasteiger partial charge in [-0.2, -0.15) is 0 Å². The van der Waals surface area contributed by atoms with Crippen LogP contribution in [-0.4, -0.2) is 75.3 Å². The van der Waals surface area contributed by atoms with Crippen molar-refractivity contribution in [1.29, 1.82) is 0 Å². The number of rotatable bonds is 9. The van der Waals surface area contributed by atoms with Crippen molar-refractivity contribution in [2.75, 3.05) is 41.1 Å². The minimum atomic E-state index is -0.603. The minimum absolute atomic E-state index is 0.0181. The highest BCUT2D eigenvalue weighted by molar-refractivity contribution is 5.99. The van der Waals surface area contributed by atoms with E-state index in [0.29, 0.717) is 19.6 Å². The molecule has 1 aromatic rings. The molecular weight excluding hydrogens is 372 g/mol. The van der Waals surface area contributed by atoms with Crippen LogP contribution in [0.5, 0.6) is 11.5 Å². The van der Waals surface area contributed by atoms with Crippen molar-refractivity contribution in [3.8, 4) is 11.5 Å². The maximum absolute atomic E-state index is 13.2. The molecule has 0 spiro atoms. The molecule has 2 aliphatic rings. The predicted octanol–water partition coefficient (Wildman–Crippen LogP) is 1.60. The summed E-state index contributed by atoms with van der Waals surface area (Å²) in [7, 11) is 4.41. The molecular formula is C18H24N2O8. The van der Waals surface area contributed by atoms with Crippen LogP contribution in [0.4, 0.5) is 5.69 Å². The van der Waals surface area contributed by atoms with E-state index in [4.69, 9.17) is 23.7 Å². The standard InChI is InChI=1S/C18H24N2O8/c1-24-15-7-12(14(20(22)23)8-16(15)28-10-11-9-27-11)17(21)19-6-4-5-13(19)18(25-2)26-3/h7-8,11,13,18H,4-6,9-10H2,1-3H3/t11?,13-/m0/s1. The summed E-state index contributed by atoms with van der Waals surface area (Å²) < 4.78 is 26.5. The molecule has 0 bridgehead atoms. The maximum atomic E-state index is 13.2. The van der Waals surface area contributed by atoms with Gasteiger partial charge < -0.3 is 28.6 Å². The van der Waals surface area contributed by atoms with Gasteiger partial charge in [0.2, 0.25) is 0 Å². The molecule has 2 saturated heterocycles. The number of hydrogen-bond acceptors (Lipinski definition) is 8. The summed E-state index contributed by atoms with van der Waals surface area (Å²) in [4.78, 5) is 25.8. The summed E-state index contributed by atoms with van der Waals surface area (Å²) in [6.45, 7) is 1.32. The van der Waals surface area contributed by atoms with Crippen LogP contribution in [0, 0.1) is 10.1 Å². The molecule has 28 heavy (non-hydrogen) atoms. The molecule has 2 aliphatic heterocycles. The summed E-state index contributed by atoms with van der Waals surface area (Å²) in [5.41, 5.74) is -0.399. The van der Waals surface area contributed by atoms with Gasteiger partial charge in [0.1, 0.15) is 18.3 Å². The Morgan fingerprint density at radius 3 is 2.61 bits per heavy atom. The quantitative estimate of drug-likeness (QED) is 0.268. The molecule has 3 rings (SSSR count). The fraction of sp³-hybridized carbons (Fsp3) is 0.611. The molecule has 0 radical (unpaired) electrons. The van der Waals surface area contributed by atoms with Gasteiger partial charge in [0, 0.05) is 26.8 Å². The summed E-state index contributed by atoms with van der Waals surface area (Å²) in [6, 6.07) is 2.26. The van der Waals surface area contributed by atoms with Crippen LogP contribution in [0.2, 0.25) is 0 Å². The van der Waals surface area contributed by atoms with E-state index in [1.807, 2.05) is 0 Å². The van der Waals surface area contributed by atoms with Gasteiger partial charge in [0.05, 0.1) is 30.7 Å². The summed E-state index contributed by atoms with van der Waals surface area (Å²) >= 11 is 0. The lowest BCUT2D eigenvalue weighted by atomic mass is 10.1. The fourth-order valence-corrected chi connectivity index (χ4v) is 3.38. The first-order chi connectivity index (χ1) is 13.5. The van der Waals surface area contributed by atoms with Crippen LogP contribution >= 0.6 is 0 Å². The zero-order chi connectivity index (χ0) is 20.3. The van der Waals surface area contributed by atoms with Gasteiger partial charge in [-0.3, -0.25) is 14.9 Å². The monoisotopic (exact) mass is 396 g/mol. The number of nitro benzene ring substituents is 1. The largest absolute Gasteiger partial charge is 0.493 e. The lowest BCUT2D eigenvalue weighted by molar-refractivity contribution is -0.385. The first-order valence-corrected chi connectivity index (χ1v) is 8.97. The minimum Gasteiger partial charge on any atom is -0.493 e. The fourth-order valence-electron chi connectivity index (χ4n) is 3.38. The van der Waals surface area contributed by atoms with Crippen molar-refractivity contribution in [3.63, 3.8) is 0 Å². The Balaban J connectivity index is 1.92. The van der Waals surface area contributed by atoms with Crippen LogP contribution in [0.15, 0.2) is 12.1 Å². The molecule has 10 nitrogen and oxygen atoms in total. The van der Waals surface area contributed by atoms with Crippen molar-refractivity contribution in [3.05, 3.63) is 27.8 Å². The Morgan fingerprint density at radius 1 is 1.32 bits per heavy atom. The van der Waals surface area contributed by atoms with Gasteiger partial charge in [-0.15, -0.1) is 0 Å². The number of benzene rings is 1. The van der Waals surface area contributed by atoms with Gasteiger partial charge in [-0.05, 0) is 12.8 Å². The van der Waals surface area contributed by atoms with E-state index in [1.54, 1.807) is 4.90 Å². The number of hydrogen-bond donors (Lipinski definition) is 0. The summed E-state index contributed by atoms with van der Waals surface area (Å²) in [5, 5.41) is 11.6. The molecule has 0 aliphatic carbocycles. The molecule has 2 atom stereocenters. The van der Waals surface area contributed by atoms with Crippen LogP contribution in [0.25, 0.3) is 0 Å². The van der Waals surface area contributed by atoms with E-state index in [1.165, 1.54) is 33.5 Å². The van der Waals surface area contributed by atoms with Crippen molar-refractivity contribution in [2.45, 2.75) is 31.3 Å². The molecule has 1 unspecified atom stereocenters. The molecule has 0 N–H and O–H groups in total. The first kappa shape index (κ1) is 20.3. The van der Waals surface area contributed by atoms with Crippen molar-refractivity contribution >= 4 is 11.6 Å². The maximum Gasteiger partial charge on any atom is 0.286 e. The van der Waals surface area contributed by atoms with Crippen molar-refractivity contribution in [2.24, 2.45) is 0 Å². The third-order valence-corrected chi connectivity index (χ3v) is 4.88. The highest BCUT2D eigenvalue weighted by Crippen LogP contribution is 2.37. The molecule has 154 valence electrons. The number of carbonyl (C=O) groups is 1. The van der Waals surface area contributed by atoms with E-state index in [-0.39, 0.29) is 41.5 Å². The summed E-state index contributed by atoms with van der Waals surface area (Å²) in [6.07, 6.45) is 0.822. The molecule has 1 amide bonds. The zero-order valence-electron chi connectivity index (χ0n) is 16.1. The van der Waals surface area contributed by atoms with Gasteiger partial charge in [0.25, 0.3) is 11.6 Å². The SMILES string of the molecule is COc1cc(C(=O)N2CCC[C@H]2C(OC)OC)c([N+](=O)[O-])cc1OCC1CO1. The van der Waals surface area contributed by atoms with Gasteiger partial charge in [0.15, 0.2) is 17.8 Å². The molecule has 0 aromatic heterocycles. The molecule has 2 fully saturated rings. The first-order valence-electron chi connectivity index (χ1n) is 8.97. The Morgan fingerprint density at radius 2 is 2.04 bits per heavy atom. The number of nitrogens with zero attached hydrogens (tertiary/aromatic N) is 2. The Hall–Kier alpha value is -2.43. The number of ether oxygens (including phenoxy) is 5. The third-order valence-electron chi connectivity index (χ3n) is 4.88. The van der Waals surface area contributed by atoms with Crippen LogP contribution in [-0.2, 0) is 14.2 Å². The van der Waals surface area contributed by atoms with Crippen molar-refractivity contribution in [1.82, 2.24) is 4.90 Å². The second-order valence-electron chi connectivity index (χ2n) is 6.59.